The second kappa shape index (κ2) is 5.35. The van der Waals surface area contributed by atoms with E-state index in [-0.39, 0.29) is 10.6 Å². The fourth-order valence-electron chi connectivity index (χ4n) is 2.38. The van der Waals surface area contributed by atoms with Gasteiger partial charge in [0.15, 0.2) is 0 Å². The Morgan fingerprint density at radius 3 is 2.94 bits per heavy atom. The third-order valence-electron chi connectivity index (χ3n) is 3.42. The van der Waals surface area contributed by atoms with E-state index in [1.807, 2.05) is 6.92 Å². The van der Waals surface area contributed by atoms with Gasteiger partial charge in [-0.05, 0) is 38.9 Å². The average molecular weight is 249 g/mol. The van der Waals surface area contributed by atoms with Gasteiger partial charge in [0.05, 0.1) is 4.92 Å². The second-order valence-corrected chi connectivity index (χ2v) is 5.00. The summed E-state index contributed by atoms with van der Waals surface area (Å²) in [5.41, 5.74) is 2.07. The second-order valence-electron chi connectivity index (χ2n) is 5.00. The van der Waals surface area contributed by atoms with Crippen LogP contribution in [-0.2, 0) is 0 Å². The number of aryl methyl sites for hydroxylation is 1. The van der Waals surface area contributed by atoms with Crippen LogP contribution in [0.5, 0.6) is 0 Å². The summed E-state index contributed by atoms with van der Waals surface area (Å²) >= 11 is 0. The van der Waals surface area contributed by atoms with Crippen LogP contribution in [0.4, 0.5) is 11.4 Å². The number of hydrogen-bond donors (Lipinski definition) is 1. The highest BCUT2D eigenvalue weighted by Gasteiger charge is 2.18. The Kier molecular flexibility index (Phi) is 3.81. The summed E-state index contributed by atoms with van der Waals surface area (Å²) in [6.45, 7) is 4.09. The van der Waals surface area contributed by atoms with Crippen LogP contribution in [0.3, 0.4) is 0 Å². The molecular formula is C13H19N3O2. The highest BCUT2D eigenvalue weighted by atomic mass is 16.6. The molecule has 0 radical (unpaired) electrons. The Labute approximate surface area is 107 Å². The lowest BCUT2D eigenvalue weighted by Crippen LogP contribution is -2.39. The molecule has 1 aromatic rings. The van der Waals surface area contributed by atoms with Crippen LogP contribution in [0.25, 0.3) is 0 Å². The summed E-state index contributed by atoms with van der Waals surface area (Å²) in [7, 11) is 2.11. The summed E-state index contributed by atoms with van der Waals surface area (Å²) in [4.78, 5) is 12.7. The molecular weight excluding hydrogens is 230 g/mol. The maximum absolute atomic E-state index is 10.8. The predicted molar refractivity (Wildman–Crippen MR) is 72.0 cm³/mol. The molecule has 5 heteroatoms. The first-order valence-corrected chi connectivity index (χ1v) is 6.26. The Bertz CT molecular complexity index is 448. The van der Waals surface area contributed by atoms with Gasteiger partial charge >= 0.3 is 0 Å². The fraction of sp³-hybridized carbons (Fsp3) is 0.538. The SMILES string of the molecule is Cc1ccc([N+](=O)[O-])cc1NC1CCCN(C)C1. The summed E-state index contributed by atoms with van der Waals surface area (Å²) in [5, 5.41) is 14.2. The molecule has 98 valence electrons. The first kappa shape index (κ1) is 12.8. The van der Waals surface area contributed by atoms with E-state index in [2.05, 4.69) is 17.3 Å². The van der Waals surface area contributed by atoms with Crippen LogP contribution in [-0.4, -0.2) is 36.0 Å². The zero-order valence-corrected chi connectivity index (χ0v) is 10.8. The van der Waals surface area contributed by atoms with Crippen molar-refractivity contribution >= 4 is 11.4 Å². The monoisotopic (exact) mass is 249 g/mol. The largest absolute Gasteiger partial charge is 0.381 e. The molecule has 1 fully saturated rings. The van der Waals surface area contributed by atoms with Gasteiger partial charge in [0.1, 0.15) is 0 Å². The van der Waals surface area contributed by atoms with Gasteiger partial charge in [-0.3, -0.25) is 10.1 Å². The number of likely N-dealkylation sites (N-methyl/N-ethyl adjacent to an activating group) is 1. The van der Waals surface area contributed by atoms with Crippen LogP contribution in [0.1, 0.15) is 18.4 Å². The van der Waals surface area contributed by atoms with Gasteiger partial charge in [0, 0.05) is 30.4 Å². The first-order valence-electron chi connectivity index (χ1n) is 6.26. The number of nitrogens with zero attached hydrogens (tertiary/aromatic N) is 2. The zero-order valence-electron chi connectivity index (χ0n) is 10.8. The fourth-order valence-corrected chi connectivity index (χ4v) is 2.38. The minimum Gasteiger partial charge on any atom is -0.381 e. The van der Waals surface area contributed by atoms with E-state index in [9.17, 15) is 10.1 Å². The van der Waals surface area contributed by atoms with Gasteiger partial charge in [0.2, 0.25) is 0 Å². The van der Waals surface area contributed by atoms with E-state index in [1.54, 1.807) is 18.2 Å². The van der Waals surface area contributed by atoms with Crippen molar-refractivity contribution in [2.24, 2.45) is 0 Å². The smallest absolute Gasteiger partial charge is 0.271 e. The normalized spacial score (nSPS) is 20.7. The molecule has 1 unspecified atom stereocenters. The molecule has 1 saturated heterocycles. The Morgan fingerprint density at radius 1 is 1.50 bits per heavy atom. The van der Waals surface area contributed by atoms with Crippen LogP contribution in [0.2, 0.25) is 0 Å². The predicted octanol–water partition coefficient (Wildman–Crippen LogP) is 2.41. The summed E-state index contributed by atoms with van der Waals surface area (Å²) in [6, 6.07) is 5.36. The molecule has 2 rings (SSSR count). The topological polar surface area (TPSA) is 58.4 Å². The highest BCUT2D eigenvalue weighted by molar-refractivity contribution is 5.57. The summed E-state index contributed by atoms with van der Waals surface area (Å²) in [5.74, 6) is 0. The zero-order chi connectivity index (χ0) is 13.1. The number of piperidine rings is 1. The molecule has 1 aliphatic heterocycles. The van der Waals surface area contributed by atoms with Crippen molar-refractivity contribution in [3.05, 3.63) is 33.9 Å². The number of anilines is 1. The van der Waals surface area contributed by atoms with Crippen molar-refractivity contribution in [3.8, 4) is 0 Å². The number of rotatable bonds is 3. The van der Waals surface area contributed by atoms with Gasteiger partial charge in [-0.15, -0.1) is 0 Å². The van der Waals surface area contributed by atoms with Crippen LogP contribution in [0, 0.1) is 17.0 Å². The van der Waals surface area contributed by atoms with E-state index >= 15 is 0 Å². The Morgan fingerprint density at radius 2 is 2.28 bits per heavy atom. The first-order chi connectivity index (χ1) is 8.56. The molecule has 5 nitrogen and oxygen atoms in total. The molecule has 0 spiro atoms. The van der Waals surface area contributed by atoms with Crippen molar-refractivity contribution in [2.75, 3.05) is 25.5 Å². The van der Waals surface area contributed by atoms with E-state index in [4.69, 9.17) is 0 Å². The van der Waals surface area contributed by atoms with Gasteiger partial charge in [0.25, 0.3) is 5.69 Å². The van der Waals surface area contributed by atoms with Gasteiger partial charge < -0.3 is 10.2 Å². The maximum Gasteiger partial charge on any atom is 0.271 e. The quantitative estimate of drug-likeness (QED) is 0.660. The van der Waals surface area contributed by atoms with Gasteiger partial charge in [-0.2, -0.15) is 0 Å². The number of benzene rings is 1. The third kappa shape index (κ3) is 2.98. The van der Waals surface area contributed by atoms with E-state index < -0.39 is 0 Å². The summed E-state index contributed by atoms with van der Waals surface area (Å²) < 4.78 is 0. The minimum absolute atomic E-state index is 0.146. The molecule has 0 aromatic heterocycles. The highest BCUT2D eigenvalue weighted by Crippen LogP contribution is 2.24. The van der Waals surface area contributed by atoms with E-state index in [0.29, 0.717) is 6.04 Å². The molecule has 0 bridgehead atoms. The molecule has 0 saturated carbocycles. The number of likely N-dealkylation sites (tertiary alicyclic amines) is 1. The number of nitrogens with one attached hydrogen (secondary N) is 1. The summed E-state index contributed by atoms with van der Waals surface area (Å²) in [6.07, 6.45) is 2.29. The number of non-ortho nitro benzene ring substituents is 1. The van der Waals surface area contributed by atoms with E-state index in [0.717, 1.165) is 30.8 Å². The van der Waals surface area contributed by atoms with E-state index in [1.165, 1.54) is 6.42 Å². The van der Waals surface area contributed by atoms with Crippen molar-refractivity contribution in [1.29, 1.82) is 0 Å². The molecule has 0 aliphatic carbocycles. The Balaban J connectivity index is 2.12. The molecule has 1 aromatic carbocycles. The number of hydrogen-bond acceptors (Lipinski definition) is 4. The molecule has 1 N–H and O–H groups in total. The molecule has 1 heterocycles. The van der Waals surface area contributed by atoms with Crippen LogP contribution < -0.4 is 5.32 Å². The lowest BCUT2D eigenvalue weighted by Gasteiger charge is -2.31. The minimum atomic E-state index is -0.350. The molecule has 1 aliphatic rings. The number of nitro groups is 1. The van der Waals surface area contributed by atoms with Crippen molar-refractivity contribution in [1.82, 2.24) is 4.90 Å². The molecule has 0 amide bonds. The maximum atomic E-state index is 10.8. The standard InChI is InChI=1S/C13H19N3O2/c1-10-5-6-12(16(17)18)8-13(10)14-11-4-3-7-15(2)9-11/h5-6,8,11,14H,3-4,7,9H2,1-2H3. The van der Waals surface area contributed by atoms with Crippen molar-refractivity contribution in [2.45, 2.75) is 25.8 Å². The van der Waals surface area contributed by atoms with Gasteiger partial charge in [-0.25, -0.2) is 0 Å². The van der Waals surface area contributed by atoms with Crippen molar-refractivity contribution in [3.63, 3.8) is 0 Å². The Hall–Kier alpha value is -1.62. The van der Waals surface area contributed by atoms with Crippen LogP contribution >= 0.6 is 0 Å². The lowest BCUT2D eigenvalue weighted by molar-refractivity contribution is -0.384. The van der Waals surface area contributed by atoms with Crippen LogP contribution in [0.15, 0.2) is 18.2 Å². The van der Waals surface area contributed by atoms with Gasteiger partial charge in [-0.1, -0.05) is 6.07 Å². The lowest BCUT2D eigenvalue weighted by atomic mass is 10.0. The molecule has 1 atom stereocenters. The number of nitro benzene ring substituents is 1. The average Bonchev–Trinajstić information content (AvgIpc) is 2.31. The third-order valence-corrected chi connectivity index (χ3v) is 3.42. The molecule has 18 heavy (non-hydrogen) atoms. The van der Waals surface area contributed by atoms with Crippen molar-refractivity contribution < 1.29 is 4.92 Å².